The molecule has 0 spiro atoms. The Morgan fingerprint density at radius 2 is 1.29 bits per heavy atom. The van der Waals surface area contributed by atoms with Crippen LogP contribution in [-0.4, -0.2) is 64.7 Å². The Labute approximate surface area is 142 Å². The van der Waals surface area contributed by atoms with E-state index in [0.29, 0.717) is 0 Å². The Bertz CT molecular complexity index is 878. The fraction of sp³-hybridized carbons (Fsp3) is 0.571. The third kappa shape index (κ3) is 3.51. The van der Waals surface area contributed by atoms with Gasteiger partial charge in [0.2, 0.25) is 10.0 Å². The van der Waals surface area contributed by atoms with Crippen LogP contribution < -0.4 is 0 Å². The van der Waals surface area contributed by atoms with Gasteiger partial charge in [-0.3, -0.25) is 0 Å². The molecule has 2 saturated heterocycles. The van der Waals surface area contributed by atoms with E-state index < -0.39 is 41.8 Å². The zero-order chi connectivity index (χ0) is 17.6. The molecule has 0 saturated carbocycles. The molecule has 2 heterocycles. The molecule has 0 amide bonds. The first-order valence-electron chi connectivity index (χ1n) is 7.60. The normalized spacial score (nSPS) is 29.0. The van der Waals surface area contributed by atoms with Crippen LogP contribution in [0.2, 0.25) is 0 Å². The lowest BCUT2D eigenvalue weighted by atomic mass is 10.2. The first-order chi connectivity index (χ1) is 11.1. The SMILES string of the molecule is O=S1(=O)CC[C@H](N([C@H]2CCS(=O)(=O)C2)S(=O)(=O)c2ccccc2)C1. The molecular formula is C14H19NO6S3. The van der Waals surface area contributed by atoms with Crippen LogP contribution in [-0.2, 0) is 29.7 Å². The van der Waals surface area contributed by atoms with Gasteiger partial charge < -0.3 is 0 Å². The zero-order valence-electron chi connectivity index (χ0n) is 12.9. The Morgan fingerprint density at radius 1 is 0.833 bits per heavy atom. The lowest BCUT2D eigenvalue weighted by Crippen LogP contribution is -2.48. The van der Waals surface area contributed by atoms with E-state index in [1.54, 1.807) is 18.2 Å². The van der Waals surface area contributed by atoms with Gasteiger partial charge >= 0.3 is 0 Å². The first-order valence-corrected chi connectivity index (χ1v) is 12.7. The number of hydrogen-bond donors (Lipinski definition) is 0. The third-order valence-electron chi connectivity index (χ3n) is 4.46. The second-order valence-electron chi connectivity index (χ2n) is 6.26. The summed E-state index contributed by atoms with van der Waals surface area (Å²) in [6.45, 7) is 0. The highest BCUT2D eigenvalue weighted by atomic mass is 32.2. The lowest BCUT2D eigenvalue weighted by molar-refractivity contribution is 0.280. The van der Waals surface area contributed by atoms with E-state index in [9.17, 15) is 25.3 Å². The van der Waals surface area contributed by atoms with Gasteiger partial charge in [0, 0.05) is 12.1 Å². The van der Waals surface area contributed by atoms with Crippen LogP contribution >= 0.6 is 0 Å². The summed E-state index contributed by atoms with van der Waals surface area (Å²) in [6, 6.07) is 6.31. The van der Waals surface area contributed by atoms with Gasteiger partial charge in [-0.25, -0.2) is 25.3 Å². The van der Waals surface area contributed by atoms with Crippen LogP contribution in [0.15, 0.2) is 35.2 Å². The molecule has 0 aromatic heterocycles. The molecule has 24 heavy (non-hydrogen) atoms. The predicted octanol–water partition coefficient (Wildman–Crippen LogP) is 0.0515. The molecule has 0 unspecified atom stereocenters. The molecule has 2 aliphatic heterocycles. The number of rotatable bonds is 4. The fourth-order valence-electron chi connectivity index (χ4n) is 3.36. The van der Waals surface area contributed by atoms with Gasteiger partial charge in [-0.2, -0.15) is 4.31 Å². The molecule has 2 atom stereocenters. The standard InChI is InChI=1S/C14H19NO6S3/c16-22(17)8-6-12(10-22)15(13-7-9-23(18,19)11-13)24(20,21)14-4-2-1-3-5-14/h1-5,12-13H,6-11H2/t12-,13-/m0/s1. The van der Waals surface area contributed by atoms with Crippen molar-refractivity contribution in [1.29, 1.82) is 0 Å². The van der Waals surface area contributed by atoms with Crippen LogP contribution in [0.3, 0.4) is 0 Å². The Hall–Kier alpha value is -0.970. The molecule has 1 aromatic carbocycles. The second-order valence-corrected chi connectivity index (χ2v) is 12.6. The van der Waals surface area contributed by atoms with Gasteiger partial charge in [0.1, 0.15) is 0 Å². The van der Waals surface area contributed by atoms with Crippen LogP contribution in [0.5, 0.6) is 0 Å². The molecule has 0 N–H and O–H groups in total. The summed E-state index contributed by atoms with van der Waals surface area (Å²) in [5.74, 6) is -0.652. The molecule has 3 rings (SSSR count). The van der Waals surface area contributed by atoms with Crippen molar-refractivity contribution in [2.75, 3.05) is 23.0 Å². The monoisotopic (exact) mass is 393 g/mol. The third-order valence-corrected chi connectivity index (χ3v) is 9.98. The molecule has 10 heteroatoms. The van der Waals surface area contributed by atoms with Gasteiger partial charge in [-0.05, 0) is 25.0 Å². The molecule has 0 aliphatic carbocycles. The van der Waals surface area contributed by atoms with Crippen LogP contribution in [0.1, 0.15) is 12.8 Å². The second kappa shape index (κ2) is 6.08. The average molecular weight is 394 g/mol. The summed E-state index contributed by atoms with van der Waals surface area (Å²) < 4.78 is 74.5. The highest BCUT2D eigenvalue weighted by Gasteiger charge is 2.45. The minimum Gasteiger partial charge on any atom is -0.229 e. The highest BCUT2D eigenvalue weighted by molar-refractivity contribution is 7.92. The summed E-state index contributed by atoms with van der Waals surface area (Å²) in [7, 11) is -10.6. The number of sulfone groups is 2. The Morgan fingerprint density at radius 3 is 1.67 bits per heavy atom. The molecular weight excluding hydrogens is 374 g/mol. The Balaban J connectivity index is 2.03. The minimum atomic E-state index is -3.96. The van der Waals surface area contributed by atoms with E-state index in [-0.39, 0.29) is 40.7 Å². The summed E-state index contributed by atoms with van der Waals surface area (Å²) in [5.41, 5.74) is 0. The zero-order valence-corrected chi connectivity index (χ0v) is 15.4. The lowest BCUT2D eigenvalue weighted by Gasteiger charge is -2.32. The van der Waals surface area contributed by atoms with Crippen molar-refractivity contribution in [2.45, 2.75) is 29.8 Å². The van der Waals surface area contributed by atoms with Gasteiger partial charge in [-0.15, -0.1) is 0 Å². The van der Waals surface area contributed by atoms with E-state index >= 15 is 0 Å². The maximum Gasteiger partial charge on any atom is 0.243 e. The van der Waals surface area contributed by atoms with E-state index in [4.69, 9.17) is 0 Å². The minimum absolute atomic E-state index is 0.0543. The topological polar surface area (TPSA) is 106 Å². The molecule has 0 bridgehead atoms. The molecule has 7 nitrogen and oxygen atoms in total. The molecule has 2 fully saturated rings. The van der Waals surface area contributed by atoms with Gasteiger partial charge in [0.05, 0.1) is 27.9 Å². The highest BCUT2D eigenvalue weighted by Crippen LogP contribution is 2.31. The van der Waals surface area contributed by atoms with Crippen LogP contribution in [0.25, 0.3) is 0 Å². The number of nitrogens with zero attached hydrogens (tertiary/aromatic N) is 1. The number of sulfonamides is 1. The smallest absolute Gasteiger partial charge is 0.229 e. The predicted molar refractivity (Wildman–Crippen MR) is 89.6 cm³/mol. The summed E-state index contributed by atoms with van der Waals surface area (Å²) in [5, 5.41) is 0. The molecule has 2 aliphatic rings. The van der Waals surface area contributed by atoms with Crippen molar-refractivity contribution in [3.8, 4) is 0 Å². The largest absolute Gasteiger partial charge is 0.243 e. The van der Waals surface area contributed by atoms with Crippen molar-refractivity contribution >= 4 is 29.7 Å². The van der Waals surface area contributed by atoms with Crippen molar-refractivity contribution < 1.29 is 25.3 Å². The van der Waals surface area contributed by atoms with Crippen molar-refractivity contribution in [3.63, 3.8) is 0 Å². The molecule has 1 aromatic rings. The average Bonchev–Trinajstić information content (AvgIpc) is 3.02. The number of benzene rings is 1. The van der Waals surface area contributed by atoms with Crippen molar-refractivity contribution in [2.24, 2.45) is 0 Å². The first kappa shape index (κ1) is 17.8. The van der Waals surface area contributed by atoms with Crippen LogP contribution in [0.4, 0.5) is 0 Å². The summed E-state index contributed by atoms with van der Waals surface area (Å²) in [6.07, 6.45) is 0.399. The maximum absolute atomic E-state index is 13.1. The summed E-state index contributed by atoms with van der Waals surface area (Å²) in [4.78, 5) is 0.0543. The maximum atomic E-state index is 13.1. The molecule has 0 radical (unpaired) electrons. The van der Waals surface area contributed by atoms with E-state index in [2.05, 4.69) is 0 Å². The van der Waals surface area contributed by atoms with Crippen LogP contribution in [0, 0.1) is 0 Å². The van der Waals surface area contributed by atoms with Crippen molar-refractivity contribution in [1.82, 2.24) is 4.31 Å². The number of hydrogen-bond acceptors (Lipinski definition) is 6. The fourth-order valence-corrected chi connectivity index (χ4v) is 8.86. The van der Waals surface area contributed by atoms with Crippen molar-refractivity contribution in [3.05, 3.63) is 30.3 Å². The van der Waals surface area contributed by atoms with E-state index in [1.165, 1.54) is 12.1 Å². The Kier molecular flexibility index (Phi) is 4.52. The van der Waals surface area contributed by atoms with Gasteiger partial charge in [-0.1, -0.05) is 18.2 Å². The van der Waals surface area contributed by atoms with E-state index in [0.717, 1.165) is 4.31 Å². The van der Waals surface area contributed by atoms with Gasteiger partial charge in [0.15, 0.2) is 19.7 Å². The van der Waals surface area contributed by atoms with Gasteiger partial charge in [0.25, 0.3) is 0 Å². The summed E-state index contributed by atoms with van der Waals surface area (Å²) >= 11 is 0. The molecule has 134 valence electrons. The van der Waals surface area contributed by atoms with E-state index in [1.807, 2.05) is 0 Å². The quantitative estimate of drug-likeness (QED) is 0.716.